The number of hydrogen-bond donors (Lipinski definition) is 2. The number of aryl methyl sites for hydroxylation is 2. The van der Waals surface area contributed by atoms with Crippen LogP contribution >= 0.6 is 0 Å². The van der Waals surface area contributed by atoms with E-state index in [0.717, 1.165) is 11.1 Å². The fourth-order valence-electron chi connectivity index (χ4n) is 1.39. The molecule has 0 aromatic heterocycles. The molecular formula is C12H18N2O2. The highest BCUT2D eigenvalue weighted by Crippen LogP contribution is 2.16. The van der Waals surface area contributed by atoms with E-state index in [2.05, 4.69) is 5.32 Å². The highest BCUT2D eigenvalue weighted by atomic mass is 16.6. The standard InChI is InChI=1S/C12H18N2O2/c1-8-4-9(2)6-11(5-8)16-12(15)14-10(3)7-13/h4-6,10H,7,13H2,1-3H3,(H,14,15). The molecule has 0 saturated heterocycles. The summed E-state index contributed by atoms with van der Waals surface area (Å²) in [5.74, 6) is 0.555. The van der Waals surface area contributed by atoms with Crippen molar-refractivity contribution in [1.29, 1.82) is 0 Å². The van der Waals surface area contributed by atoms with Crippen molar-refractivity contribution in [3.63, 3.8) is 0 Å². The predicted molar refractivity (Wildman–Crippen MR) is 63.6 cm³/mol. The van der Waals surface area contributed by atoms with Gasteiger partial charge in [-0.05, 0) is 44.0 Å². The zero-order valence-electron chi connectivity index (χ0n) is 9.91. The van der Waals surface area contributed by atoms with Gasteiger partial charge in [0.25, 0.3) is 0 Å². The van der Waals surface area contributed by atoms with Gasteiger partial charge in [-0.25, -0.2) is 4.79 Å². The molecule has 0 aliphatic carbocycles. The van der Waals surface area contributed by atoms with Crippen molar-refractivity contribution in [3.8, 4) is 5.75 Å². The van der Waals surface area contributed by atoms with Crippen LogP contribution in [-0.2, 0) is 0 Å². The third-order valence-corrected chi connectivity index (χ3v) is 2.12. The van der Waals surface area contributed by atoms with Crippen LogP contribution in [0.3, 0.4) is 0 Å². The summed E-state index contributed by atoms with van der Waals surface area (Å²) in [5, 5.41) is 2.63. The molecule has 0 aliphatic heterocycles. The largest absolute Gasteiger partial charge is 0.412 e. The smallest absolute Gasteiger partial charge is 0.410 e. The van der Waals surface area contributed by atoms with E-state index in [9.17, 15) is 4.79 Å². The van der Waals surface area contributed by atoms with Gasteiger partial charge in [0.05, 0.1) is 0 Å². The summed E-state index contributed by atoms with van der Waals surface area (Å²) >= 11 is 0. The molecule has 0 bridgehead atoms. The van der Waals surface area contributed by atoms with Gasteiger partial charge in [-0.15, -0.1) is 0 Å². The highest BCUT2D eigenvalue weighted by molar-refractivity contribution is 5.70. The Labute approximate surface area is 95.8 Å². The Kier molecular flexibility index (Phi) is 4.31. The van der Waals surface area contributed by atoms with E-state index in [4.69, 9.17) is 10.5 Å². The van der Waals surface area contributed by atoms with E-state index < -0.39 is 6.09 Å². The van der Waals surface area contributed by atoms with Gasteiger partial charge in [-0.2, -0.15) is 0 Å². The quantitative estimate of drug-likeness (QED) is 0.818. The monoisotopic (exact) mass is 222 g/mol. The van der Waals surface area contributed by atoms with Crippen molar-refractivity contribution in [3.05, 3.63) is 29.3 Å². The number of carbonyl (C=O) groups excluding carboxylic acids is 1. The molecule has 0 heterocycles. The molecule has 0 radical (unpaired) electrons. The number of amides is 1. The first-order chi connectivity index (χ1) is 7.51. The summed E-state index contributed by atoms with van der Waals surface area (Å²) in [6, 6.07) is 5.57. The summed E-state index contributed by atoms with van der Waals surface area (Å²) in [6.45, 7) is 6.13. The number of nitrogens with two attached hydrogens (primary N) is 1. The molecule has 1 atom stereocenters. The van der Waals surface area contributed by atoms with Crippen molar-refractivity contribution in [2.24, 2.45) is 5.73 Å². The summed E-state index contributed by atoms with van der Waals surface area (Å²) in [6.07, 6.45) is -0.469. The molecule has 0 aliphatic rings. The van der Waals surface area contributed by atoms with Crippen molar-refractivity contribution < 1.29 is 9.53 Å². The lowest BCUT2D eigenvalue weighted by Gasteiger charge is -2.12. The molecule has 1 unspecified atom stereocenters. The Hall–Kier alpha value is -1.55. The second-order valence-corrected chi connectivity index (χ2v) is 3.99. The van der Waals surface area contributed by atoms with Gasteiger partial charge < -0.3 is 15.8 Å². The topological polar surface area (TPSA) is 64.3 Å². The van der Waals surface area contributed by atoms with Gasteiger partial charge in [0.1, 0.15) is 5.75 Å². The van der Waals surface area contributed by atoms with Crippen LogP contribution in [0.1, 0.15) is 18.1 Å². The minimum absolute atomic E-state index is 0.0848. The second kappa shape index (κ2) is 5.51. The van der Waals surface area contributed by atoms with Crippen LogP contribution in [-0.4, -0.2) is 18.7 Å². The summed E-state index contributed by atoms with van der Waals surface area (Å²) in [7, 11) is 0. The van der Waals surface area contributed by atoms with E-state index in [1.165, 1.54) is 0 Å². The molecule has 88 valence electrons. The van der Waals surface area contributed by atoms with E-state index in [-0.39, 0.29) is 6.04 Å². The van der Waals surface area contributed by atoms with Crippen LogP contribution in [0.15, 0.2) is 18.2 Å². The minimum atomic E-state index is -0.469. The minimum Gasteiger partial charge on any atom is -0.410 e. The Morgan fingerprint density at radius 2 is 1.94 bits per heavy atom. The molecule has 4 nitrogen and oxygen atoms in total. The molecule has 1 aromatic rings. The summed E-state index contributed by atoms with van der Waals surface area (Å²) in [5.41, 5.74) is 7.52. The Bertz CT molecular complexity index is 357. The predicted octanol–water partition coefficient (Wildman–Crippen LogP) is 1.74. The third kappa shape index (κ3) is 3.90. The molecular weight excluding hydrogens is 204 g/mol. The third-order valence-electron chi connectivity index (χ3n) is 2.12. The van der Waals surface area contributed by atoms with E-state index in [0.29, 0.717) is 12.3 Å². The number of nitrogens with one attached hydrogen (secondary N) is 1. The zero-order valence-corrected chi connectivity index (χ0v) is 9.91. The normalized spacial score (nSPS) is 12.0. The lowest BCUT2D eigenvalue weighted by Crippen LogP contribution is -2.39. The number of ether oxygens (including phenoxy) is 1. The molecule has 1 rings (SSSR count). The average Bonchev–Trinajstić information content (AvgIpc) is 2.15. The molecule has 1 aromatic carbocycles. The number of hydrogen-bond acceptors (Lipinski definition) is 3. The fourth-order valence-corrected chi connectivity index (χ4v) is 1.39. The Morgan fingerprint density at radius 1 is 1.38 bits per heavy atom. The maximum Gasteiger partial charge on any atom is 0.412 e. The van der Waals surface area contributed by atoms with Gasteiger partial charge >= 0.3 is 6.09 Å². The van der Waals surface area contributed by atoms with Crippen LogP contribution in [0.5, 0.6) is 5.75 Å². The lowest BCUT2D eigenvalue weighted by molar-refractivity contribution is 0.197. The second-order valence-electron chi connectivity index (χ2n) is 3.99. The SMILES string of the molecule is Cc1cc(C)cc(OC(=O)NC(C)CN)c1. The van der Waals surface area contributed by atoms with Crippen molar-refractivity contribution in [2.45, 2.75) is 26.8 Å². The number of rotatable bonds is 3. The van der Waals surface area contributed by atoms with E-state index >= 15 is 0 Å². The number of benzene rings is 1. The fraction of sp³-hybridized carbons (Fsp3) is 0.417. The van der Waals surface area contributed by atoms with Crippen LogP contribution in [0.4, 0.5) is 4.79 Å². The first kappa shape index (κ1) is 12.5. The first-order valence-corrected chi connectivity index (χ1v) is 5.28. The molecule has 1 amide bonds. The van der Waals surface area contributed by atoms with Gasteiger partial charge in [-0.1, -0.05) is 6.07 Å². The molecule has 4 heteroatoms. The molecule has 0 fully saturated rings. The van der Waals surface area contributed by atoms with Gasteiger partial charge in [0.2, 0.25) is 0 Å². The molecule has 0 spiro atoms. The van der Waals surface area contributed by atoms with Crippen LogP contribution in [0, 0.1) is 13.8 Å². The Morgan fingerprint density at radius 3 is 2.44 bits per heavy atom. The van der Waals surface area contributed by atoms with Gasteiger partial charge in [-0.3, -0.25) is 0 Å². The van der Waals surface area contributed by atoms with Gasteiger partial charge in [0.15, 0.2) is 0 Å². The first-order valence-electron chi connectivity index (χ1n) is 5.28. The Balaban J connectivity index is 2.62. The molecule has 0 saturated carbocycles. The van der Waals surface area contributed by atoms with E-state index in [1.54, 1.807) is 0 Å². The van der Waals surface area contributed by atoms with Crippen LogP contribution in [0.2, 0.25) is 0 Å². The average molecular weight is 222 g/mol. The van der Waals surface area contributed by atoms with Crippen LogP contribution < -0.4 is 15.8 Å². The summed E-state index contributed by atoms with van der Waals surface area (Å²) < 4.78 is 5.14. The highest BCUT2D eigenvalue weighted by Gasteiger charge is 2.08. The van der Waals surface area contributed by atoms with Gasteiger partial charge in [0, 0.05) is 12.6 Å². The lowest BCUT2D eigenvalue weighted by atomic mass is 10.1. The molecule has 16 heavy (non-hydrogen) atoms. The zero-order chi connectivity index (χ0) is 12.1. The maximum atomic E-state index is 11.4. The number of carbonyl (C=O) groups is 1. The van der Waals surface area contributed by atoms with Crippen molar-refractivity contribution >= 4 is 6.09 Å². The molecule has 3 N–H and O–H groups in total. The summed E-state index contributed by atoms with van der Waals surface area (Å²) in [4.78, 5) is 11.4. The van der Waals surface area contributed by atoms with Crippen LogP contribution in [0.25, 0.3) is 0 Å². The van der Waals surface area contributed by atoms with E-state index in [1.807, 2.05) is 39.0 Å². The van der Waals surface area contributed by atoms with Crippen molar-refractivity contribution in [1.82, 2.24) is 5.32 Å². The maximum absolute atomic E-state index is 11.4. The van der Waals surface area contributed by atoms with Crippen molar-refractivity contribution in [2.75, 3.05) is 6.54 Å².